The van der Waals surface area contributed by atoms with Gasteiger partial charge < -0.3 is 0 Å². The Hall–Kier alpha value is -8.79. The molecule has 0 bridgehead atoms. The molecule has 0 radical (unpaired) electrons. The molecule has 0 N–H and O–H groups in total. The van der Waals surface area contributed by atoms with Gasteiger partial charge in [-0.1, -0.05) is 261 Å². The van der Waals surface area contributed by atoms with Gasteiger partial charge in [-0.25, -0.2) is 15.0 Å². The van der Waals surface area contributed by atoms with E-state index in [9.17, 15) is 0 Å². The summed E-state index contributed by atoms with van der Waals surface area (Å²) in [5, 5.41) is 0. The molecule has 3 nitrogen and oxygen atoms in total. The van der Waals surface area contributed by atoms with Crippen LogP contribution in [0.15, 0.2) is 261 Å². The van der Waals surface area contributed by atoms with E-state index in [0.717, 1.165) is 89.0 Å². The van der Waals surface area contributed by atoms with E-state index in [1.54, 1.807) is 0 Å². The number of rotatable bonds is 10. The van der Waals surface area contributed by atoms with Gasteiger partial charge in [0.2, 0.25) is 0 Å². The fourth-order valence-corrected chi connectivity index (χ4v) is 9.17. The first-order valence-electron chi connectivity index (χ1n) is 22.4. The fourth-order valence-electron chi connectivity index (χ4n) is 9.17. The van der Waals surface area contributed by atoms with E-state index in [1.165, 1.54) is 5.56 Å². The van der Waals surface area contributed by atoms with Crippen molar-refractivity contribution in [2.45, 2.75) is 0 Å². The third-order valence-corrected chi connectivity index (χ3v) is 12.2. The van der Waals surface area contributed by atoms with E-state index in [0.29, 0.717) is 17.5 Å². The van der Waals surface area contributed by atoms with E-state index >= 15 is 0 Å². The molecule has 1 aromatic heterocycles. The van der Waals surface area contributed by atoms with E-state index in [4.69, 9.17) is 15.0 Å². The predicted octanol–water partition coefficient (Wildman–Crippen LogP) is 16.5. The monoisotopic (exact) mass is 841 g/mol. The van der Waals surface area contributed by atoms with Crippen molar-refractivity contribution in [1.82, 2.24) is 15.0 Å². The molecule has 310 valence electrons. The maximum Gasteiger partial charge on any atom is 0.164 e. The van der Waals surface area contributed by atoms with Crippen molar-refractivity contribution in [2.75, 3.05) is 0 Å². The maximum absolute atomic E-state index is 5.40. The van der Waals surface area contributed by atoms with Crippen LogP contribution in [-0.4, -0.2) is 15.0 Å². The van der Waals surface area contributed by atoms with Crippen LogP contribution >= 0.6 is 0 Å². The normalized spacial score (nSPS) is 11.0. The van der Waals surface area contributed by atoms with Crippen molar-refractivity contribution in [3.8, 4) is 112 Å². The molecule has 0 spiro atoms. The van der Waals surface area contributed by atoms with Crippen LogP contribution in [0.2, 0.25) is 0 Å². The van der Waals surface area contributed by atoms with Gasteiger partial charge in [-0.3, -0.25) is 0 Å². The Balaban J connectivity index is 1.28. The van der Waals surface area contributed by atoms with Gasteiger partial charge >= 0.3 is 0 Å². The maximum atomic E-state index is 5.40. The van der Waals surface area contributed by atoms with Crippen LogP contribution in [0.1, 0.15) is 0 Å². The van der Waals surface area contributed by atoms with Crippen LogP contribution in [0.4, 0.5) is 0 Å². The third kappa shape index (κ3) is 7.80. The highest BCUT2D eigenvalue weighted by molar-refractivity contribution is 6.16. The summed E-state index contributed by atoms with van der Waals surface area (Å²) in [5.41, 5.74) is 18.4. The van der Waals surface area contributed by atoms with Gasteiger partial charge in [-0.15, -0.1) is 0 Å². The van der Waals surface area contributed by atoms with Crippen molar-refractivity contribution in [3.63, 3.8) is 0 Å². The van der Waals surface area contributed by atoms with Gasteiger partial charge in [0.25, 0.3) is 0 Å². The average Bonchev–Trinajstić information content (AvgIpc) is 3.41. The Morgan fingerprint density at radius 3 is 0.742 bits per heavy atom. The summed E-state index contributed by atoms with van der Waals surface area (Å²) in [5.74, 6) is 1.81. The van der Waals surface area contributed by atoms with Crippen molar-refractivity contribution in [1.29, 1.82) is 0 Å². The molecule has 0 saturated heterocycles. The number of aromatic nitrogens is 3. The van der Waals surface area contributed by atoms with Crippen molar-refractivity contribution in [2.24, 2.45) is 0 Å². The molecule has 0 aliphatic heterocycles. The fraction of sp³-hybridized carbons (Fsp3) is 0. The summed E-state index contributed by atoms with van der Waals surface area (Å²) < 4.78 is 0. The molecule has 0 saturated carbocycles. The predicted molar refractivity (Wildman–Crippen MR) is 274 cm³/mol. The van der Waals surface area contributed by atoms with Crippen LogP contribution in [0.5, 0.6) is 0 Å². The van der Waals surface area contributed by atoms with Crippen molar-refractivity contribution >= 4 is 0 Å². The van der Waals surface area contributed by atoms with Gasteiger partial charge in [0.15, 0.2) is 17.5 Å². The standard InChI is InChI=1S/C63H43N3/c1-8-24-44(25-9-1)45-40-42-52(43-41-45)62-64-61(51-36-20-7-21-37-51)65-63(66-62)54-39-23-22-38-53(54)60-58(49-32-16-5-17-33-49)56(47-28-12-3-13-29-47)55(46-26-10-2-11-27-46)57(48-30-14-4-15-31-48)59(60)50-34-18-6-19-35-50/h1-43H. The molecule has 0 unspecified atom stereocenters. The van der Waals surface area contributed by atoms with E-state index in [-0.39, 0.29) is 0 Å². The lowest BCUT2D eigenvalue weighted by atomic mass is 9.73. The topological polar surface area (TPSA) is 38.7 Å². The second-order valence-corrected chi connectivity index (χ2v) is 16.2. The zero-order valence-corrected chi connectivity index (χ0v) is 36.2. The molecule has 11 rings (SSSR count). The van der Waals surface area contributed by atoms with Crippen LogP contribution in [0, 0.1) is 0 Å². The zero-order chi connectivity index (χ0) is 44.1. The molecule has 0 aliphatic rings. The summed E-state index contributed by atoms with van der Waals surface area (Å²) in [6, 6.07) is 92.2. The lowest BCUT2D eigenvalue weighted by Gasteiger charge is -2.29. The molecule has 0 fully saturated rings. The molecule has 3 heteroatoms. The number of benzene rings is 10. The van der Waals surface area contributed by atoms with E-state index in [1.807, 2.05) is 24.3 Å². The summed E-state index contributed by atoms with van der Waals surface area (Å²) in [6.45, 7) is 0. The molecule has 1 heterocycles. The third-order valence-electron chi connectivity index (χ3n) is 12.2. The Kier molecular flexibility index (Phi) is 11.0. The highest BCUT2D eigenvalue weighted by Gasteiger charge is 2.30. The second kappa shape index (κ2) is 18.1. The summed E-state index contributed by atoms with van der Waals surface area (Å²) in [6.07, 6.45) is 0. The lowest BCUT2D eigenvalue weighted by molar-refractivity contribution is 1.07. The van der Waals surface area contributed by atoms with Gasteiger partial charge in [-0.05, 0) is 77.9 Å². The molecule has 0 aliphatic carbocycles. The molecular formula is C63H43N3. The number of hydrogen-bond donors (Lipinski definition) is 0. The van der Waals surface area contributed by atoms with Crippen LogP contribution < -0.4 is 0 Å². The largest absolute Gasteiger partial charge is 0.208 e. The second-order valence-electron chi connectivity index (χ2n) is 16.2. The quantitative estimate of drug-likeness (QED) is 0.138. The van der Waals surface area contributed by atoms with Gasteiger partial charge in [-0.2, -0.15) is 0 Å². The minimum absolute atomic E-state index is 0.592. The molecule has 66 heavy (non-hydrogen) atoms. The minimum atomic E-state index is 0.592. The molecule has 11 aromatic rings. The highest BCUT2D eigenvalue weighted by Crippen LogP contribution is 2.56. The molecular weight excluding hydrogens is 799 g/mol. The Morgan fingerprint density at radius 2 is 0.379 bits per heavy atom. The zero-order valence-electron chi connectivity index (χ0n) is 36.2. The number of nitrogens with zero attached hydrogens (tertiary/aromatic N) is 3. The van der Waals surface area contributed by atoms with E-state index < -0.39 is 0 Å². The van der Waals surface area contributed by atoms with Crippen LogP contribution in [0.25, 0.3) is 112 Å². The average molecular weight is 842 g/mol. The first kappa shape index (κ1) is 40.0. The summed E-state index contributed by atoms with van der Waals surface area (Å²) in [7, 11) is 0. The minimum Gasteiger partial charge on any atom is -0.208 e. The SMILES string of the molecule is c1ccc(-c2ccc(-c3nc(-c4ccccc4)nc(-c4ccccc4-c4c(-c5ccccc5)c(-c5ccccc5)c(-c5ccccc5)c(-c5ccccc5)c4-c4ccccc4)n3)cc2)cc1. The Labute approximate surface area is 386 Å². The molecule has 0 amide bonds. The van der Waals surface area contributed by atoms with E-state index in [2.05, 4.69) is 237 Å². The smallest absolute Gasteiger partial charge is 0.164 e. The van der Waals surface area contributed by atoms with Crippen LogP contribution in [-0.2, 0) is 0 Å². The first-order chi connectivity index (χ1) is 32.8. The molecule has 0 atom stereocenters. The first-order valence-corrected chi connectivity index (χ1v) is 22.4. The Bertz CT molecular complexity index is 3290. The van der Waals surface area contributed by atoms with Crippen molar-refractivity contribution < 1.29 is 0 Å². The summed E-state index contributed by atoms with van der Waals surface area (Å²) in [4.78, 5) is 15.9. The van der Waals surface area contributed by atoms with Crippen molar-refractivity contribution in [3.05, 3.63) is 261 Å². The molecule has 10 aromatic carbocycles. The van der Waals surface area contributed by atoms with Gasteiger partial charge in [0, 0.05) is 16.7 Å². The van der Waals surface area contributed by atoms with Gasteiger partial charge in [0.05, 0.1) is 0 Å². The lowest BCUT2D eigenvalue weighted by Crippen LogP contribution is -2.04. The van der Waals surface area contributed by atoms with Gasteiger partial charge in [0.1, 0.15) is 0 Å². The van der Waals surface area contributed by atoms with Crippen LogP contribution in [0.3, 0.4) is 0 Å². The summed E-state index contributed by atoms with van der Waals surface area (Å²) >= 11 is 0. The number of hydrogen-bond acceptors (Lipinski definition) is 3. The Morgan fingerprint density at radius 1 is 0.152 bits per heavy atom. The highest BCUT2D eigenvalue weighted by atomic mass is 15.0.